The molecule has 0 bridgehead atoms. The van der Waals surface area contributed by atoms with E-state index in [1.165, 1.54) is 37.7 Å². The third kappa shape index (κ3) is 4.49. The first-order valence-corrected chi connectivity index (χ1v) is 9.52. The van der Waals surface area contributed by atoms with Crippen molar-refractivity contribution in [3.8, 4) is 5.88 Å². The van der Waals surface area contributed by atoms with Crippen molar-refractivity contribution in [1.29, 1.82) is 0 Å². The van der Waals surface area contributed by atoms with Gasteiger partial charge in [0.1, 0.15) is 0 Å². The first kappa shape index (κ1) is 18.6. The number of methoxy groups -OCH3 is 1. The molecule has 6 heteroatoms. The molecule has 1 aliphatic rings. The molecule has 0 saturated heterocycles. The highest BCUT2D eigenvalue weighted by Gasteiger charge is 2.33. The summed E-state index contributed by atoms with van der Waals surface area (Å²) in [5, 5.41) is 7.02. The van der Waals surface area contributed by atoms with E-state index in [0.717, 1.165) is 12.2 Å². The minimum atomic E-state index is 0.135. The second-order valence-electron chi connectivity index (χ2n) is 6.89. The predicted octanol–water partition coefficient (Wildman–Crippen LogP) is 3.98. The summed E-state index contributed by atoms with van der Waals surface area (Å²) in [4.78, 5) is 8.65. The third-order valence-electron chi connectivity index (χ3n) is 5.05. The number of hydrogen-bond donors (Lipinski definition) is 2. The molecule has 3 rings (SSSR count). The van der Waals surface area contributed by atoms with E-state index in [1.54, 1.807) is 13.2 Å². The Morgan fingerprint density at radius 3 is 2.58 bits per heavy atom. The Morgan fingerprint density at radius 1 is 1.15 bits per heavy atom. The zero-order valence-electron chi connectivity index (χ0n) is 15.4. The Balaban J connectivity index is 1.67. The van der Waals surface area contributed by atoms with Crippen LogP contribution in [0.25, 0.3) is 0 Å². The maximum Gasteiger partial charge on any atom is 0.232 e. The smallest absolute Gasteiger partial charge is 0.232 e. The number of ether oxygens (including phenoxy) is 1. The van der Waals surface area contributed by atoms with Gasteiger partial charge in [0.25, 0.3) is 0 Å². The van der Waals surface area contributed by atoms with Crippen molar-refractivity contribution in [2.45, 2.75) is 44.4 Å². The molecule has 5 nitrogen and oxygen atoms in total. The van der Waals surface area contributed by atoms with Crippen LogP contribution in [0.3, 0.4) is 0 Å². The van der Waals surface area contributed by atoms with Crippen LogP contribution in [0.5, 0.6) is 5.88 Å². The highest BCUT2D eigenvalue weighted by molar-refractivity contribution is 7.80. The highest BCUT2D eigenvalue weighted by atomic mass is 32.1. The molecule has 2 aromatic rings. The molecule has 2 N–H and O–H groups in total. The Hall–Kier alpha value is -2.21. The third-order valence-corrected chi connectivity index (χ3v) is 5.30. The summed E-state index contributed by atoms with van der Waals surface area (Å²) in [5.74, 6) is 0.979. The average Bonchev–Trinajstić information content (AvgIpc) is 2.67. The highest BCUT2D eigenvalue weighted by Crippen LogP contribution is 2.38. The number of thiocarbonyl (C=S) groups is 1. The predicted molar refractivity (Wildman–Crippen MR) is 109 cm³/mol. The normalized spacial score (nSPS) is 15.9. The van der Waals surface area contributed by atoms with E-state index < -0.39 is 0 Å². The molecule has 1 aromatic heterocycles. The summed E-state index contributed by atoms with van der Waals surface area (Å²) in [7, 11) is 1.59. The van der Waals surface area contributed by atoms with Crippen molar-refractivity contribution in [3.63, 3.8) is 0 Å². The number of hydrogen-bond acceptors (Lipinski definition) is 4. The van der Waals surface area contributed by atoms with Crippen LogP contribution in [-0.2, 0) is 5.41 Å². The second kappa shape index (κ2) is 8.45. The molecule has 0 unspecified atom stereocenters. The van der Waals surface area contributed by atoms with Crippen LogP contribution in [0.15, 0.2) is 36.4 Å². The van der Waals surface area contributed by atoms with Gasteiger partial charge in [-0.1, -0.05) is 49.6 Å². The van der Waals surface area contributed by atoms with Gasteiger partial charge in [-0.25, -0.2) is 4.98 Å². The minimum absolute atomic E-state index is 0.135. The van der Waals surface area contributed by atoms with Gasteiger partial charge >= 0.3 is 0 Å². The lowest BCUT2D eigenvalue weighted by Gasteiger charge is -2.38. The standard InChI is InChI=1S/C20H26N4OS/c1-15-13-17(25-2)23-18(22-15)24-19(26)21-14-20(11-7-4-8-12-20)16-9-5-3-6-10-16/h3,5-6,9-10,13H,4,7-8,11-12,14H2,1-2H3,(H2,21,22,23,24,26). The number of nitrogens with one attached hydrogen (secondary N) is 2. The number of rotatable bonds is 5. The maximum atomic E-state index is 5.48. The van der Waals surface area contributed by atoms with E-state index in [2.05, 4.69) is 50.9 Å². The zero-order chi connectivity index (χ0) is 18.4. The molecule has 1 aliphatic carbocycles. The molecule has 0 aliphatic heterocycles. The average molecular weight is 371 g/mol. The monoisotopic (exact) mass is 370 g/mol. The van der Waals surface area contributed by atoms with E-state index in [9.17, 15) is 0 Å². The molecule has 26 heavy (non-hydrogen) atoms. The summed E-state index contributed by atoms with van der Waals surface area (Å²) in [6.07, 6.45) is 6.20. The first-order chi connectivity index (χ1) is 12.6. The molecule has 1 fully saturated rings. The van der Waals surface area contributed by atoms with Gasteiger partial charge in [-0.05, 0) is 37.5 Å². The Kier molecular flexibility index (Phi) is 6.04. The lowest BCUT2D eigenvalue weighted by molar-refractivity contribution is 0.292. The zero-order valence-corrected chi connectivity index (χ0v) is 16.2. The molecule has 0 radical (unpaired) electrons. The van der Waals surface area contributed by atoms with Crippen molar-refractivity contribution < 1.29 is 4.74 Å². The summed E-state index contributed by atoms with van der Waals surface area (Å²) < 4.78 is 5.19. The van der Waals surface area contributed by atoms with Crippen LogP contribution >= 0.6 is 12.2 Å². The van der Waals surface area contributed by atoms with Gasteiger partial charge in [0.15, 0.2) is 5.11 Å². The molecule has 0 amide bonds. The molecule has 0 spiro atoms. The van der Waals surface area contributed by atoms with Crippen LogP contribution in [0.1, 0.15) is 43.4 Å². The fraction of sp³-hybridized carbons (Fsp3) is 0.450. The quantitative estimate of drug-likeness (QED) is 0.777. The van der Waals surface area contributed by atoms with Crippen LogP contribution in [0.2, 0.25) is 0 Å². The number of nitrogens with zero attached hydrogens (tertiary/aromatic N) is 2. The molecular weight excluding hydrogens is 344 g/mol. The van der Waals surface area contributed by atoms with Crippen LogP contribution in [0.4, 0.5) is 5.95 Å². The van der Waals surface area contributed by atoms with Gasteiger partial charge in [-0.2, -0.15) is 4.98 Å². The summed E-state index contributed by atoms with van der Waals surface area (Å²) in [5.41, 5.74) is 2.36. The Morgan fingerprint density at radius 2 is 1.88 bits per heavy atom. The van der Waals surface area contributed by atoms with Gasteiger partial charge < -0.3 is 15.4 Å². The maximum absolute atomic E-state index is 5.48. The number of aryl methyl sites for hydroxylation is 1. The van der Waals surface area contributed by atoms with E-state index in [-0.39, 0.29) is 5.41 Å². The summed E-state index contributed by atoms with van der Waals surface area (Å²) >= 11 is 5.48. The van der Waals surface area contributed by atoms with Crippen molar-refractivity contribution in [3.05, 3.63) is 47.7 Å². The molecule has 1 saturated carbocycles. The first-order valence-electron chi connectivity index (χ1n) is 9.11. The van der Waals surface area contributed by atoms with Crippen molar-refractivity contribution in [2.75, 3.05) is 19.0 Å². The molecule has 138 valence electrons. The van der Waals surface area contributed by atoms with E-state index in [1.807, 2.05) is 6.92 Å². The largest absolute Gasteiger partial charge is 0.481 e. The van der Waals surface area contributed by atoms with Gasteiger partial charge in [0, 0.05) is 23.7 Å². The molecule has 0 atom stereocenters. The Labute approximate surface area is 160 Å². The summed E-state index contributed by atoms with van der Waals surface area (Å²) in [6.45, 7) is 2.71. The minimum Gasteiger partial charge on any atom is -0.481 e. The van der Waals surface area contributed by atoms with Crippen molar-refractivity contribution in [2.24, 2.45) is 0 Å². The number of aromatic nitrogens is 2. The van der Waals surface area contributed by atoms with Gasteiger partial charge in [-0.15, -0.1) is 0 Å². The topological polar surface area (TPSA) is 59.1 Å². The lowest BCUT2D eigenvalue weighted by Crippen LogP contribution is -2.43. The second-order valence-corrected chi connectivity index (χ2v) is 7.30. The van der Waals surface area contributed by atoms with Crippen LogP contribution < -0.4 is 15.4 Å². The SMILES string of the molecule is COc1cc(C)nc(NC(=S)NCC2(c3ccccc3)CCCCC2)n1. The van der Waals surface area contributed by atoms with Crippen LogP contribution in [-0.4, -0.2) is 28.7 Å². The summed E-state index contributed by atoms with van der Waals surface area (Å²) in [6, 6.07) is 12.6. The lowest BCUT2D eigenvalue weighted by atomic mass is 9.69. The van der Waals surface area contributed by atoms with Crippen LogP contribution in [0, 0.1) is 6.92 Å². The Bertz CT molecular complexity index is 745. The van der Waals surface area contributed by atoms with Gasteiger partial charge in [-0.3, -0.25) is 0 Å². The fourth-order valence-electron chi connectivity index (χ4n) is 3.68. The fourth-order valence-corrected chi connectivity index (χ4v) is 3.85. The van der Waals surface area contributed by atoms with E-state index in [4.69, 9.17) is 17.0 Å². The van der Waals surface area contributed by atoms with E-state index in [0.29, 0.717) is 16.9 Å². The van der Waals surface area contributed by atoms with Gasteiger partial charge in [0.2, 0.25) is 11.8 Å². The van der Waals surface area contributed by atoms with Crippen molar-refractivity contribution >= 4 is 23.3 Å². The van der Waals surface area contributed by atoms with Crippen molar-refractivity contribution in [1.82, 2.24) is 15.3 Å². The molecule has 1 heterocycles. The van der Waals surface area contributed by atoms with Gasteiger partial charge in [0.05, 0.1) is 7.11 Å². The molecule has 1 aromatic carbocycles. The molecular formula is C20H26N4OS. The number of anilines is 1. The number of benzene rings is 1. The van der Waals surface area contributed by atoms with E-state index >= 15 is 0 Å².